The molecule has 0 spiro atoms. The molecule has 0 radical (unpaired) electrons. The molecular formula is C17H20N6O4. The van der Waals surface area contributed by atoms with Crippen molar-refractivity contribution in [1.29, 1.82) is 0 Å². The summed E-state index contributed by atoms with van der Waals surface area (Å²) >= 11 is 0. The highest BCUT2D eigenvalue weighted by Crippen LogP contribution is 2.30. The molecule has 1 amide bonds. The number of rotatable bonds is 5. The highest BCUT2D eigenvalue weighted by atomic mass is 16.6. The zero-order chi connectivity index (χ0) is 19.4. The van der Waals surface area contributed by atoms with Gasteiger partial charge in [-0.3, -0.25) is 14.9 Å². The van der Waals surface area contributed by atoms with Crippen molar-refractivity contribution in [3.05, 3.63) is 40.1 Å². The van der Waals surface area contributed by atoms with E-state index in [1.165, 1.54) is 6.92 Å². The van der Waals surface area contributed by atoms with Gasteiger partial charge in [-0.2, -0.15) is 4.98 Å². The van der Waals surface area contributed by atoms with Gasteiger partial charge in [0.2, 0.25) is 17.7 Å². The average Bonchev–Trinajstić information content (AvgIpc) is 2.63. The lowest BCUT2D eigenvalue weighted by atomic mass is 10.2. The highest BCUT2D eigenvalue weighted by Gasteiger charge is 2.25. The minimum Gasteiger partial charge on any atom is -0.378 e. The maximum Gasteiger partial charge on any atom is 0.332 e. The van der Waals surface area contributed by atoms with Crippen molar-refractivity contribution in [1.82, 2.24) is 9.97 Å². The Labute approximate surface area is 155 Å². The molecule has 2 aromatic rings. The van der Waals surface area contributed by atoms with Crippen LogP contribution in [0.25, 0.3) is 0 Å². The van der Waals surface area contributed by atoms with E-state index in [0.29, 0.717) is 43.6 Å². The summed E-state index contributed by atoms with van der Waals surface area (Å²) < 4.78 is 5.33. The molecule has 2 N–H and O–H groups in total. The maximum atomic E-state index is 11.5. The predicted molar refractivity (Wildman–Crippen MR) is 100 cm³/mol. The number of aromatic nitrogens is 2. The number of aryl methyl sites for hydroxylation is 1. The average molecular weight is 372 g/mol. The highest BCUT2D eigenvalue weighted by molar-refractivity contribution is 5.88. The number of nitrogens with one attached hydrogen (secondary N) is 2. The zero-order valence-electron chi connectivity index (χ0n) is 15.1. The second-order valence-electron chi connectivity index (χ2n) is 6.05. The molecular weight excluding hydrogens is 352 g/mol. The minimum atomic E-state index is -0.494. The Bertz CT molecular complexity index is 849. The van der Waals surface area contributed by atoms with E-state index in [0.717, 1.165) is 0 Å². The predicted octanol–water partition coefficient (Wildman–Crippen LogP) is 2.23. The van der Waals surface area contributed by atoms with Crippen LogP contribution in [0.2, 0.25) is 0 Å². The Kier molecular flexibility index (Phi) is 5.46. The second kappa shape index (κ2) is 7.96. The van der Waals surface area contributed by atoms with Crippen molar-refractivity contribution >= 4 is 34.7 Å². The van der Waals surface area contributed by atoms with Crippen LogP contribution < -0.4 is 15.5 Å². The number of ether oxygens (including phenoxy) is 1. The second-order valence-corrected chi connectivity index (χ2v) is 6.05. The van der Waals surface area contributed by atoms with Crippen molar-refractivity contribution in [2.24, 2.45) is 0 Å². The SMILES string of the molecule is CC(=O)Nc1ccc(Nc2nc(N3CCOCC3)nc(C)c2[N+](=O)[O-])cc1. The van der Waals surface area contributed by atoms with Gasteiger partial charge in [-0.1, -0.05) is 0 Å². The Morgan fingerprint density at radius 3 is 2.41 bits per heavy atom. The third-order valence-corrected chi connectivity index (χ3v) is 3.99. The molecule has 0 unspecified atom stereocenters. The van der Waals surface area contributed by atoms with E-state index in [-0.39, 0.29) is 23.1 Å². The number of benzene rings is 1. The largest absolute Gasteiger partial charge is 0.378 e. The van der Waals surface area contributed by atoms with Crippen LogP contribution in [0.5, 0.6) is 0 Å². The summed E-state index contributed by atoms with van der Waals surface area (Å²) in [5, 5.41) is 17.2. The lowest BCUT2D eigenvalue weighted by molar-refractivity contribution is -0.385. The van der Waals surface area contributed by atoms with Crippen molar-refractivity contribution in [2.75, 3.05) is 41.8 Å². The summed E-state index contributed by atoms with van der Waals surface area (Å²) in [5.41, 5.74) is 1.36. The molecule has 1 aliphatic rings. The fourth-order valence-corrected chi connectivity index (χ4v) is 2.74. The summed E-state index contributed by atoms with van der Waals surface area (Å²) in [6.45, 7) is 5.39. The van der Waals surface area contributed by atoms with E-state index in [1.807, 2.05) is 4.90 Å². The number of carbonyl (C=O) groups excluding carboxylic acids is 1. The summed E-state index contributed by atoms with van der Waals surface area (Å²) in [7, 11) is 0. The van der Waals surface area contributed by atoms with Gasteiger partial charge in [0.25, 0.3) is 0 Å². The molecule has 1 aromatic carbocycles. The number of carbonyl (C=O) groups is 1. The molecule has 1 saturated heterocycles. The Hall–Kier alpha value is -3.27. The van der Waals surface area contributed by atoms with Crippen molar-refractivity contribution in [2.45, 2.75) is 13.8 Å². The van der Waals surface area contributed by atoms with Gasteiger partial charge in [-0.05, 0) is 31.2 Å². The Balaban J connectivity index is 1.90. The molecule has 0 bridgehead atoms. The number of amides is 1. The standard InChI is InChI=1S/C17H20N6O4/c1-11-15(23(25)26)16(21-17(18-11)22-7-9-27-10-8-22)20-14-5-3-13(4-6-14)19-12(2)24/h3-6H,7-10H2,1-2H3,(H,19,24)(H,18,20,21). The fourth-order valence-electron chi connectivity index (χ4n) is 2.74. The molecule has 3 rings (SSSR count). The van der Waals surface area contributed by atoms with Crippen LogP contribution in [0, 0.1) is 17.0 Å². The lowest BCUT2D eigenvalue weighted by Crippen LogP contribution is -2.37. The molecule has 1 fully saturated rings. The summed E-state index contributed by atoms with van der Waals surface area (Å²) in [5.74, 6) is 0.382. The van der Waals surface area contributed by atoms with E-state index >= 15 is 0 Å². The molecule has 0 aliphatic carbocycles. The van der Waals surface area contributed by atoms with Gasteiger partial charge in [0.1, 0.15) is 5.69 Å². The first-order valence-corrected chi connectivity index (χ1v) is 8.44. The van der Waals surface area contributed by atoms with Crippen LogP contribution in [-0.2, 0) is 9.53 Å². The van der Waals surface area contributed by atoms with Gasteiger partial charge in [-0.15, -0.1) is 0 Å². The van der Waals surface area contributed by atoms with Crippen LogP contribution in [0.15, 0.2) is 24.3 Å². The molecule has 10 nitrogen and oxygen atoms in total. The van der Waals surface area contributed by atoms with Crippen LogP contribution in [-0.4, -0.2) is 47.1 Å². The van der Waals surface area contributed by atoms with Crippen molar-refractivity contribution in [3.8, 4) is 0 Å². The fraction of sp³-hybridized carbons (Fsp3) is 0.353. The topological polar surface area (TPSA) is 123 Å². The van der Waals surface area contributed by atoms with E-state index in [1.54, 1.807) is 31.2 Å². The normalized spacial score (nSPS) is 13.9. The molecule has 0 atom stereocenters. The van der Waals surface area contributed by atoms with Crippen molar-refractivity contribution in [3.63, 3.8) is 0 Å². The van der Waals surface area contributed by atoms with Gasteiger partial charge in [0, 0.05) is 31.4 Å². The molecule has 1 aromatic heterocycles. The van der Waals surface area contributed by atoms with Crippen molar-refractivity contribution < 1.29 is 14.5 Å². The number of nitro groups is 1. The number of nitrogens with zero attached hydrogens (tertiary/aromatic N) is 4. The number of anilines is 4. The summed E-state index contributed by atoms with van der Waals surface area (Å²) in [4.78, 5) is 32.7. The van der Waals surface area contributed by atoms with Gasteiger partial charge in [-0.25, -0.2) is 4.98 Å². The first-order valence-electron chi connectivity index (χ1n) is 8.44. The number of hydrogen-bond donors (Lipinski definition) is 2. The minimum absolute atomic E-state index is 0.126. The molecule has 2 heterocycles. The molecule has 1 aliphatic heterocycles. The van der Waals surface area contributed by atoms with E-state index in [4.69, 9.17) is 4.74 Å². The van der Waals surface area contributed by atoms with Gasteiger partial charge < -0.3 is 20.3 Å². The Morgan fingerprint density at radius 1 is 1.19 bits per heavy atom. The van der Waals surface area contributed by atoms with Gasteiger partial charge in [0.15, 0.2) is 0 Å². The zero-order valence-corrected chi connectivity index (χ0v) is 15.1. The smallest absolute Gasteiger partial charge is 0.332 e. The van der Waals surface area contributed by atoms with Gasteiger partial charge in [0.05, 0.1) is 18.1 Å². The first-order chi connectivity index (χ1) is 12.9. The lowest BCUT2D eigenvalue weighted by Gasteiger charge is -2.27. The van der Waals surface area contributed by atoms with Crippen LogP contribution in [0.3, 0.4) is 0 Å². The van der Waals surface area contributed by atoms with Gasteiger partial charge >= 0.3 is 5.69 Å². The molecule has 0 saturated carbocycles. The van der Waals surface area contributed by atoms with Crippen LogP contribution in [0.1, 0.15) is 12.6 Å². The third-order valence-electron chi connectivity index (χ3n) is 3.99. The number of hydrogen-bond acceptors (Lipinski definition) is 8. The number of morpholine rings is 1. The quantitative estimate of drug-likeness (QED) is 0.605. The maximum absolute atomic E-state index is 11.5. The molecule has 142 valence electrons. The monoisotopic (exact) mass is 372 g/mol. The van der Waals surface area contributed by atoms with E-state index in [2.05, 4.69) is 20.6 Å². The third kappa shape index (κ3) is 4.47. The Morgan fingerprint density at radius 2 is 1.81 bits per heavy atom. The van der Waals surface area contributed by atoms with E-state index < -0.39 is 4.92 Å². The van der Waals surface area contributed by atoms with Crippen LogP contribution in [0.4, 0.5) is 28.8 Å². The molecule has 10 heteroatoms. The summed E-state index contributed by atoms with van der Waals surface area (Å²) in [6, 6.07) is 6.82. The summed E-state index contributed by atoms with van der Waals surface area (Å²) in [6.07, 6.45) is 0. The first kappa shape index (κ1) is 18.5. The van der Waals surface area contributed by atoms with Crippen LogP contribution >= 0.6 is 0 Å². The molecule has 27 heavy (non-hydrogen) atoms. The van der Waals surface area contributed by atoms with E-state index in [9.17, 15) is 14.9 Å².